The third-order valence-electron chi connectivity index (χ3n) is 6.08. The van der Waals surface area contributed by atoms with Gasteiger partial charge in [-0.15, -0.1) is 12.4 Å². The van der Waals surface area contributed by atoms with Gasteiger partial charge >= 0.3 is 0 Å². The highest BCUT2D eigenvalue weighted by molar-refractivity contribution is 5.85. The molecule has 4 bridgehead atoms. The highest BCUT2D eigenvalue weighted by Crippen LogP contribution is 2.57. The van der Waals surface area contributed by atoms with Gasteiger partial charge in [0.15, 0.2) is 0 Å². The van der Waals surface area contributed by atoms with Crippen molar-refractivity contribution >= 4 is 18.6 Å². The van der Waals surface area contributed by atoms with Crippen LogP contribution < -0.4 is 0 Å². The first-order valence-electron chi connectivity index (χ1n) is 8.66. The Morgan fingerprint density at radius 2 is 1.65 bits per heavy atom. The fraction of sp³-hybridized carbons (Fsp3) is 0.526. The highest BCUT2D eigenvalue weighted by atomic mass is 35.5. The van der Waals surface area contributed by atoms with Crippen molar-refractivity contribution in [2.75, 3.05) is 0 Å². The predicted molar refractivity (Wildman–Crippen MR) is 96.3 cm³/mol. The van der Waals surface area contributed by atoms with Crippen molar-refractivity contribution in [3.63, 3.8) is 0 Å². The van der Waals surface area contributed by atoms with Crippen molar-refractivity contribution in [1.29, 1.82) is 0 Å². The number of nitrogens with one attached hydrogen (secondary N) is 2. The second kappa shape index (κ2) is 5.55. The molecule has 2 aromatic rings. The molecule has 4 heteroatoms. The topological polar surface area (TPSA) is 43.9 Å². The molecule has 0 aromatic carbocycles. The minimum atomic E-state index is 0. The minimum Gasteiger partial charge on any atom is -0.360 e. The summed E-state index contributed by atoms with van der Waals surface area (Å²) in [5.74, 6) is 2.88. The molecule has 4 saturated carbocycles. The number of H-pyrrole nitrogens is 2. The Morgan fingerprint density at radius 3 is 2.26 bits per heavy atom. The molecule has 0 amide bonds. The van der Waals surface area contributed by atoms with Crippen LogP contribution in [-0.2, 0) is 0 Å². The number of nitrogens with zero attached hydrogens (tertiary/aromatic N) is 1. The van der Waals surface area contributed by atoms with Crippen LogP contribution in [0.1, 0.15) is 44.2 Å². The van der Waals surface area contributed by atoms with Gasteiger partial charge in [0.25, 0.3) is 0 Å². The molecule has 122 valence electrons. The maximum absolute atomic E-state index is 5.11. The van der Waals surface area contributed by atoms with Crippen LogP contribution in [0.25, 0.3) is 11.4 Å². The molecule has 2 aromatic heterocycles. The minimum absolute atomic E-state index is 0. The zero-order valence-electron chi connectivity index (χ0n) is 13.3. The molecule has 0 aliphatic heterocycles. The molecule has 2 N–H and O–H groups in total. The average Bonchev–Trinajstić information content (AvgIpc) is 3.15. The molecule has 4 fully saturated rings. The van der Waals surface area contributed by atoms with Gasteiger partial charge in [-0.2, -0.15) is 0 Å². The largest absolute Gasteiger partial charge is 0.360 e. The van der Waals surface area contributed by atoms with E-state index in [0.29, 0.717) is 0 Å². The number of aromatic amines is 2. The van der Waals surface area contributed by atoms with E-state index in [1.165, 1.54) is 38.5 Å². The van der Waals surface area contributed by atoms with Gasteiger partial charge in [0.05, 0.1) is 22.6 Å². The van der Waals surface area contributed by atoms with E-state index in [1.807, 2.05) is 12.3 Å². The molecule has 0 saturated heterocycles. The summed E-state index contributed by atoms with van der Waals surface area (Å²) in [7, 11) is 0. The third kappa shape index (κ3) is 2.65. The number of halogens is 1. The van der Waals surface area contributed by atoms with Crippen LogP contribution in [-0.4, -0.2) is 21.7 Å². The van der Waals surface area contributed by atoms with E-state index in [0.717, 1.165) is 34.8 Å². The van der Waals surface area contributed by atoms with Gasteiger partial charge in [-0.1, -0.05) is 0 Å². The van der Waals surface area contributed by atoms with E-state index in [1.54, 1.807) is 0 Å². The SMILES string of the molecule is C(=NC12CC3CC(CC(C3)C1)C2)c1ccc(-c2ccc[nH]2)[nH]1.Cl. The Hall–Kier alpha value is -1.48. The van der Waals surface area contributed by atoms with Crippen LogP contribution in [0.4, 0.5) is 0 Å². The molecule has 3 nitrogen and oxygen atoms in total. The summed E-state index contributed by atoms with van der Waals surface area (Å²) in [5.41, 5.74) is 3.67. The first kappa shape index (κ1) is 15.1. The Morgan fingerprint density at radius 1 is 0.957 bits per heavy atom. The maximum atomic E-state index is 5.11. The zero-order chi connectivity index (χ0) is 14.6. The fourth-order valence-corrected chi connectivity index (χ4v) is 5.57. The van der Waals surface area contributed by atoms with E-state index in [2.05, 4.69) is 34.4 Å². The zero-order valence-corrected chi connectivity index (χ0v) is 14.1. The lowest BCUT2D eigenvalue weighted by Gasteiger charge is -2.54. The van der Waals surface area contributed by atoms with Gasteiger partial charge in [-0.05, 0) is 80.5 Å². The molecule has 0 radical (unpaired) electrons. The summed E-state index contributed by atoms with van der Waals surface area (Å²) < 4.78 is 0. The summed E-state index contributed by atoms with van der Waals surface area (Å²) in [5, 5.41) is 0. The Kier molecular flexibility index (Phi) is 3.64. The third-order valence-corrected chi connectivity index (χ3v) is 6.08. The van der Waals surface area contributed by atoms with Crippen LogP contribution in [0.5, 0.6) is 0 Å². The first-order chi connectivity index (χ1) is 10.8. The Balaban J connectivity index is 0.00000135. The van der Waals surface area contributed by atoms with E-state index in [4.69, 9.17) is 4.99 Å². The van der Waals surface area contributed by atoms with E-state index >= 15 is 0 Å². The smallest absolute Gasteiger partial charge is 0.0624 e. The van der Waals surface area contributed by atoms with E-state index in [-0.39, 0.29) is 17.9 Å². The first-order valence-corrected chi connectivity index (χ1v) is 8.66. The molecular weight excluding hydrogens is 306 g/mol. The average molecular weight is 330 g/mol. The van der Waals surface area contributed by atoms with Crippen LogP contribution in [0, 0.1) is 17.8 Å². The summed E-state index contributed by atoms with van der Waals surface area (Å²) in [6, 6.07) is 8.39. The van der Waals surface area contributed by atoms with Gasteiger partial charge in [0, 0.05) is 12.4 Å². The number of aliphatic imine (C=N–C) groups is 1. The van der Waals surface area contributed by atoms with Crippen molar-refractivity contribution in [3.8, 4) is 11.4 Å². The van der Waals surface area contributed by atoms with Crippen molar-refractivity contribution in [3.05, 3.63) is 36.2 Å². The number of hydrogen-bond acceptors (Lipinski definition) is 1. The van der Waals surface area contributed by atoms with Crippen LogP contribution in [0.15, 0.2) is 35.5 Å². The standard InChI is InChI=1S/C19H23N3.ClH/c1-2-17(20-5-1)18-4-3-16(22-18)12-21-19-9-13-6-14(10-19)8-15(7-13)11-19;/h1-5,12-15,20,22H,6-11H2;1H. The second-order valence-electron chi connectivity index (χ2n) is 7.81. The normalized spacial score (nSPS) is 34.9. The Labute approximate surface area is 143 Å². The number of hydrogen-bond donors (Lipinski definition) is 2. The molecule has 23 heavy (non-hydrogen) atoms. The van der Waals surface area contributed by atoms with Gasteiger partial charge in [-0.25, -0.2) is 0 Å². The monoisotopic (exact) mass is 329 g/mol. The maximum Gasteiger partial charge on any atom is 0.0624 e. The summed E-state index contributed by atoms with van der Waals surface area (Å²) in [6.07, 6.45) is 12.5. The molecule has 0 atom stereocenters. The fourth-order valence-electron chi connectivity index (χ4n) is 5.57. The number of aromatic nitrogens is 2. The van der Waals surface area contributed by atoms with Gasteiger partial charge < -0.3 is 9.97 Å². The second-order valence-corrected chi connectivity index (χ2v) is 7.81. The van der Waals surface area contributed by atoms with Gasteiger partial charge in [0.1, 0.15) is 0 Å². The predicted octanol–water partition coefficient (Wildman–Crippen LogP) is 4.82. The van der Waals surface area contributed by atoms with Crippen molar-refractivity contribution < 1.29 is 0 Å². The number of rotatable bonds is 3. The van der Waals surface area contributed by atoms with Crippen molar-refractivity contribution in [1.82, 2.24) is 9.97 Å². The van der Waals surface area contributed by atoms with Gasteiger partial charge in [-0.3, -0.25) is 4.99 Å². The van der Waals surface area contributed by atoms with Crippen molar-refractivity contribution in [2.45, 2.75) is 44.1 Å². The van der Waals surface area contributed by atoms with Gasteiger partial charge in [0.2, 0.25) is 0 Å². The summed E-state index contributed by atoms with van der Waals surface area (Å²) >= 11 is 0. The quantitative estimate of drug-likeness (QED) is 0.758. The molecular formula is C19H24ClN3. The summed E-state index contributed by atoms with van der Waals surface area (Å²) in [4.78, 5) is 11.8. The van der Waals surface area contributed by atoms with Crippen LogP contribution >= 0.6 is 12.4 Å². The molecule has 2 heterocycles. The van der Waals surface area contributed by atoms with Crippen LogP contribution in [0.3, 0.4) is 0 Å². The lowest BCUT2D eigenvalue weighted by Crippen LogP contribution is -2.49. The van der Waals surface area contributed by atoms with Crippen LogP contribution in [0.2, 0.25) is 0 Å². The lowest BCUT2D eigenvalue weighted by atomic mass is 9.53. The van der Waals surface area contributed by atoms with E-state index < -0.39 is 0 Å². The van der Waals surface area contributed by atoms with Crippen molar-refractivity contribution in [2.24, 2.45) is 22.7 Å². The molecule has 0 spiro atoms. The summed E-state index contributed by atoms with van der Waals surface area (Å²) in [6.45, 7) is 0. The lowest BCUT2D eigenvalue weighted by molar-refractivity contribution is 0.00194. The Bertz CT molecular complexity index is 663. The molecule has 6 rings (SSSR count). The molecule has 4 aliphatic rings. The van der Waals surface area contributed by atoms with E-state index in [9.17, 15) is 0 Å². The molecule has 4 aliphatic carbocycles. The highest BCUT2D eigenvalue weighted by Gasteiger charge is 2.50. The molecule has 0 unspecified atom stereocenters.